The maximum absolute atomic E-state index is 12.8. The van der Waals surface area contributed by atoms with Crippen LogP contribution in [0, 0.1) is 10.1 Å². The second-order valence-electron chi connectivity index (χ2n) is 6.40. The molecule has 0 aliphatic rings. The predicted molar refractivity (Wildman–Crippen MR) is 90.8 cm³/mol. The summed E-state index contributed by atoms with van der Waals surface area (Å²) in [6, 6.07) is 6.84. The lowest BCUT2D eigenvalue weighted by molar-refractivity contribution is -0.384. The van der Waals surface area contributed by atoms with Crippen LogP contribution in [-0.2, 0) is 10.3 Å². The normalized spacial score (nSPS) is 11.2. The molecule has 0 aliphatic heterocycles. The van der Waals surface area contributed by atoms with E-state index in [0.717, 1.165) is 7.11 Å². The van der Waals surface area contributed by atoms with Crippen LogP contribution in [0.25, 0.3) is 11.3 Å². The molecule has 1 aromatic carbocycles. The molecule has 25 heavy (non-hydrogen) atoms. The van der Waals surface area contributed by atoms with Crippen molar-refractivity contribution in [3.63, 3.8) is 0 Å². The minimum Gasteiger partial charge on any atom is -0.507 e. The molecule has 0 radical (unpaired) electrons. The van der Waals surface area contributed by atoms with E-state index in [1.54, 1.807) is 20.8 Å². The van der Waals surface area contributed by atoms with E-state index in [1.165, 1.54) is 34.9 Å². The molecule has 0 amide bonds. The van der Waals surface area contributed by atoms with Crippen molar-refractivity contribution >= 4 is 11.7 Å². The smallest absolute Gasteiger partial charge is 0.347 e. The third kappa shape index (κ3) is 3.37. The van der Waals surface area contributed by atoms with Gasteiger partial charge in [-0.3, -0.25) is 14.9 Å². The number of esters is 1. The van der Waals surface area contributed by atoms with E-state index in [2.05, 4.69) is 4.74 Å². The molecule has 2 aromatic rings. The second kappa shape index (κ2) is 6.39. The van der Waals surface area contributed by atoms with E-state index in [9.17, 15) is 24.8 Å². The average Bonchev–Trinajstić information content (AvgIpc) is 2.52. The zero-order valence-electron chi connectivity index (χ0n) is 14.3. The van der Waals surface area contributed by atoms with E-state index < -0.39 is 33.3 Å². The predicted octanol–water partition coefficient (Wildman–Crippen LogP) is 2.67. The Morgan fingerprint density at radius 3 is 2.24 bits per heavy atom. The number of nitro benzene ring substituents is 1. The van der Waals surface area contributed by atoms with E-state index >= 15 is 0 Å². The summed E-state index contributed by atoms with van der Waals surface area (Å²) >= 11 is 0. The fraction of sp³-hybridized carbons (Fsp3) is 0.294. The van der Waals surface area contributed by atoms with Crippen molar-refractivity contribution in [1.29, 1.82) is 0 Å². The van der Waals surface area contributed by atoms with Crippen LogP contribution in [0.1, 0.15) is 31.1 Å². The number of nitrogens with zero attached hydrogens (tertiary/aromatic N) is 2. The van der Waals surface area contributed by atoms with E-state index in [0.29, 0.717) is 11.3 Å². The molecule has 0 bridgehead atoms. The monoisotopic (exact) mass is 346 g/mol. The van der Waals surface area contributed by atoms with Gasteiger partial charge in [-0.25, -0.2) is 4.79 Å². The number of nitro groups is 1. The number of benzene rings is 1. The van der Waals surface area contributed by atoms with Gasteiger partial charge in [-0.1, -0.05) is 0 Å². The third-order valence-electron chi connectivity index (χ3n) is 3.62. The number of hydrogen-bond acceptors (Lipinski definition) is 6. The second-order valence-corrected chi connectivity index (χ2v) is 6.40. The SMILES string of the molecule is COC(=O)c1c(O)cc(-c2ccc([N+](=O)[O-])cc2)n(C(C)(C)C)c1=O. The quantitative estimate of drug-likeness (QED) is 0.519. The first kappa shape index (κ1) is 18.2. The topological polar surface area (TPSA) is 112 Å². The molecule has 2 rings (SSSR count). The third-order valence-corrected chi connectivity index (χ3v) is 3.62. The highest BCUT2D eigenvalue weighted by atomic mass is 16.6. The summed E-state index contributed by atoms with van der Waals surface area (Å²) < 4.78 is 5.91. The number of non-ortho nitro benzene ring substituents is 1. The van der Waals surface area contributed by atoms with E-state index in [-0.39, 0.29) is 5.69 Å². The molecule has 0 saturated carbocycles. The zero-order chi connectivity index (χ0) is 18.9. The van der Waals surface area contributed by atoms with Gasteiger partial charge in [0.1, 0.15) is 5.75 Å². The number of pyridine rings is 1. The lowest BCUT2D eigenvalue weighted by atomic mass is 10.0. The van der Waals surface area contributed by atoms with Crippen molar-refractivity contribution in [1.82, 2.24) is 4.57 Å². The molecule has 0 atom stereocenters. The lowest BCUT2D eigenvalue weighted by Gasteiger charge is -2.27. The first-order valence-electron chi connectivity index (χ1n) is 7.40. The fourth-order valence-electron chi connectivity index (χ4n) is 2.52. The van der Waals surface area contributed by atoms with Gasteiger partial charge in [-0.15, -0.1) is 0 Å². The summed E-state index contributed by atoms with van der Waals surface area (Å²) in [6.07, 6.45) is 0. The molecule has 0 aliphatic carbocycles. The van der Waals surface area contributed by atoms with Crippen LogP contribution in [0.4, 0.5) is 5.69 Å². The molecular formula is C17H18N2O6. The fourth-order valence-corrected chi connectivity index (χ4v) is 2.52. The molecule has 1 heterocycles. The highest BCUT2D eigenvalue weighted by Gasteiger charge is 2.27. The zero-order valence-corrected chi connectivity index (χ0v) is 14.3. The van der Waals surface area contributed by atoms with Gasteiger partial charge >= 0.3 is 5.97 Å². The van der Waals surface area contributed by atoms with E-state index in [1.807, 2.05) is 0 Å². The molecule has 8 heteroatoms. The van der Waals surface area contributed by atoms with Crippen LogP contribution in [-0.4, -0.2) is 27.7 Å². The van der Waals surface area contributed by atoms with Crippen molar-refractivity contribution in [3.05, 3.63) is 56.4 Å². The van der Waals surface area contributed by atoms with Gasteiger partial charge in [0.05, 0.1) is 17.7 Å². The number of aromatic hydroxyl groups is 1. The van der Waals surface area contributed by atoms with Crippen LogP contribution in [0.15, 0.2) is 35.1 Å². The van der Waals surface area contributed by atoms with Crippen molar-refractivity contribution in [2.45, 2.75) is 26.3 Å². The lowest BCUT2D eigenvalue weighted by Crippen LogP contribution is -2.38. The first-order chi connectivity index (χ1) is 11.6. The van der Waals surface area contributed by atoms with Gasteiger partial charge in [0, 0.05) is 23.7 Å². The summed E-state index contributed by atoms with van der Waals surface area (Å²) in [5.41, 5.74) is -1.15. The molecule has 0 fully saturated rings. The van der Waals surface area contributed by atoms with Gasteiger partial charge in [0.25, 0.3) is 11.2 Å². The minimum atomic E-state index is -0.934. The summed E-state index contributed by atoms with van der Waals surface area (Å²) in [4.78, 5) is 34.9. The average molecular weight is 346 g/mol. The minimum absolute atomic E-state index is 0.0937. The molecular weight excluding hydrogens is 328 g/mol. The van der Waals surface area contributed by atoms with Gasteiger partial charge in [0.15, 0.2) is 5.56 Å². The maximum atomic E-state index is 12.8. The Balaban J connectivity index is 2.80. The Kier molecular flexibility index (Phi) is 4.64. The number of methoxy groups -OCH3 is 1. The Morgan fingerprint density at radius 2 is 1.80 bits per heavy atom. The van der Waals surface area contributed by atoms with E-state index in [4.69, 9.17) is 0 Å². The molecule has 1 N–H and O–H groups in total. The summed E-state index contributed by atoms with van der Waals surface area (Å²) in [5, 5.41) is 20.9. The number of rotatable bonds is 3. The molecule has 132 valence electrons. The molecule has 1 aromatic heterocycles. The Bertz CT molecular complexity index is 891. The van der Waals surface area contributed by atoms with Crippen LogP contribution < -0.4 is 5.56 Å². The summed E-state index contributed by atoms with van der Waals surface area (Å²) in [6.45, 7) is 5.30. The summed E-state index contributed by atoms with van der Waals surface area (Å²) in [5.74, 6) is -1.44. The number of aromatic nitrogens is 1. The number of ether oxygens (including phenoxy) is 1. The number of hydrogen-bond donors (Lipinski definition) is 1. The molecule has 0 saturated heterocycles. The number of carbonyl (C=O) groups excluding carboxylic acids is 1. The van der Waals surface area contributed by atoms with Gasteiger partial charge in [-0.05, 0) is 38.5 Å². The number of carbonyl (C=O) groups is 1. The maximum Gasteiger partial charge on any atom is 0.347 e. The van der Waals surface area contributed by atoms with Crippen LogP contribution >= 0.6 is 0 Å². The van der Waals surface area contributed by atoms with Gasteiger partial charge in [-0.2, -0.15) is 0 Å². The molecule has 0 spiro atoms. The van der Waals surface area contributed by atoms with Crippen molar-refractivity contribution in [3.8, 4) is 17.0 Å². The first-order valence-corrected chi connectivity index (χ1v) is 7.40. The highest BCUT2D eigenvalue weighted by molar-refractivity contribution is 5.92. The van der Waals surface area contributed by atoms with Gasteiger partial charge < -0.3 is 14.4 Å². The largest absolute Gasteiger partial charge is 0.507 e. The molecule has 0 unspecified atom stereocenters. The van der Waals surface area contributed by atoms with Crippen LogP contribution in [0.3, 0.4) is 0 Å². The summed E-state index contributed by atoms with van der Waals surface area (Å²) in [7, 11) is 1.12. The van der Waals surface area contributed by atoms with Crippen LogP contribution in [0.5, 0.6) is 5.75 Å². The standard InChI is InChI=1S/C17H18N2O6/c1-17(2,3)18-12(10-5-7-11(8-6-10)19(23)24)9-13(20)14(15(18)21)16(22)25-4/h5-9,20H,1-4H3. The molecule has 8 nitrogen and oxygen atoms in total. The Morgan fingerprint density at radius 1 is 1.24 bits per heavy atom. The van der Waals surface area contributed by atoms with Crippen molar-refractivity contribution < 1.29 is 19.6 Å². The van der Waals surface area contributed by atoms with Crippen LogP contribution in [0.2, 0.25) is 0 Å². The highest BCUT2D eigenvalue weighted by Crippen LogP contribution is 2.30. The van der Waals surface area contributed by atoms with Gasteiger partial charge in [0.2, 0.25) is 0 Å². The Hall–Kier alpha value is -3.16. The van der Waals surface area contributed by atoms with Crippen molar-refractivity contribution in [2.75, 3.05) is 7.11 Å². The Labute approximate surface area is 143 Å². The van der Waals surface area contributed by atoms with Crippen molar-refractivity contribution in [2.24, 2.45) is 0 Å².